The van der Waals surface area contributed by atoms with E-state index in [0.717, 1.165) is 0 Å². The Morgan fingerprint density at radius 2 is 2.08 bits per heavy atom. The smallest absolute Gasteiger partial charge is 0.285 e. The van der Waals surface area contributed by atoms with E-state index in [4.69, 9.17) is 17.3 Å². The molecular weight excluding hydrogens is 212 g/mol. The van der Waals surface area contributed by atoms with E-state index in [0.29, 0.717) is 10.6 Å². The number of sulfonamides is 1. The van der Waals surface area contributed by atoms with Crippen LogP contribution in [0.15, 0.2) is 27.5 Å². The van der Waals surface area contributed by atoms with Crippen molar-refractivity contribution >= 4 is 27.5 Å². The van der Waals surface area contributed by atoms with Crippen molar-refractivity contribution in [2.75, 3.05) is 0 Å². The quantitative estimate of drug-likeness (QED) is 0.696. The average molecular weight is 217 g/mol. The van der Waals surface area contributed by atoms with E-state index in [-0.39, 0.29) is 10.7 Å². The van der Waals surface area contributed by atoms with E-state index >= 15 is 0 Å². The van der Waals surface area contributed by atoms with E-state index in [9.17, 15) is 8.42 Å². The van der Waals surface area contributed by atoms with Crippen molar-refractivity contribution < 1.29 is 8.42 Å². The van der Waals surface area contributed by atoms with Gasteiger partial charge in [-0.05, 0) is 18.2 Å². The third-order valence-electron chi connectivity index (χ3n) is 1.71. The lowest BCUT2D eigenvalue weighted by atomic mass is 10.2. The Hall–Kier alpha value is -1.07. The lowest BCUT2D eigenvalue weighted by Gasteiger charge is -1.96. The van der Waals surface area contributed by atoms with Crippen LogP contribution in [0, 0.1) is 0 Å². The van der Waals surface area contributed by atoms with Crippen LogP contribution in [0.1, 0.15) is 5.56 Å². The molecule has 1 aromatic carbocycles. The normalized spacial score (nSPS) is 18.1. The molecule has 2 rings (SSSR count). The van der Waals surface area contributed by atoms with Crippen LogP contribution in [0.2, 0.25) is 5.02 Å². The lowest BCUT2D eigenvalue weighted by Crippen LogP contribution is -2.09. The van der Waals surface area contributed by atoms with Crippen LogP contribution in [0.5, 0.6) is 0 Å². The molecule has 0 radical (unpaired) electrons. The minimum Gasteiger partial charge on any atom is -0.382 e. The molecule has 68 valence electrons. The molecule has 0 saturated heterocycles. The van der Waals surface area contributed by atoms with E-state index in [2.05, 4.69) is 4.40 Å². The van der Waals surface area contributed by atoms with Crippen LogP contribution in [-0.2, 0) is 10.0 Å². The van der Waals surface area contributed by atoms with Gasteiger partial charge < -0.3 is 5.73 Å². The van der Waals surface area contributed by atoms with Crippen molar-refractivity contribution in [3.8, 4) is 0 Å². The first-order valence-corrected chi connectivity index (χ1v) is 5.23. The molecule has 0 spiro atoms. The summed E-state index contributed by atoms with van der Waals surface area (Å²) in [5, 5.41) is 0.439. The van der Waals surface area contributed by atoms with Gasteiger partial charge in [0, 0.05) is 10.6 Å². The van der Waals surface area contributed by atoms with E-state index in [1.165, 1.54) is 18.2 Å². The summed E-state index contributed by atoms with van der Waals surface area (Å²) in [6.45, 7) is 0. The number of nitrogens with two attached hydrogens (primary N) is 1. The van der Waals surface area contributed by atoms with Gasteiger partial charge in [0.2, 0.25) is 0 Å². The molecule has 6 heteroatoms. The standard InChI is InChI=1S/C7H5ClN2O2S/c8-4-1-2-6-5(3-4)7(9)10-13(6,11)12/h1-3H,(H2,9,10). The monoisotopic (exact) mass is 216 g/mol. The summed E-state index contributed by atoms with van der Waals surface area (Å²) in [5.41, 5.74) is 5.78. The number of benzene rings is 1. The Kier molecular flexibility index (Phi) is 1.61. The largest absolute Gasteiger partial charge is 0.382 e. The fourth-order valence-electron chi connectivity index (χ4n) is 1.16. The van der Waals surface area contributed by atoms with Gasteiger partial charge >= 0.3 is 0 Å². The zero-order valence-electron chi connectivity index (χ0n) is 6.36. The molecule has 2 N–H and O–H groups in total. The Labute approximate surface area is 80.1 Å². The maximum atomic E-state index is 11.3. The van der Waals surface area contributed by atoms with Gasteiger partial charge in [0.15, 0.2) is 0 Å². The van der Waals surface area contributed by atoms with Gasteiger partial charge in [0.25, 0.3) is 10.0 Å². The molecule has 0 fully saturated rings. The number of nitrogens with zero attached hydrogens (tertiary/aromatic N) is 1. The second-order valence-electron chi connectivity index (χ2n) is 2.59. The predicted molar refractivity (Wildman–Crippen MR) is 49.4 cm³/mol. The summed E-state index contributed by atoms with van der Waals surface area (Å²) in [6.07, 6.45) is 0. The Morgan fingerprint density at radius 3 is 2.77 bits per heavy atom. The Bertz CT molecular complexity index is 507. The maximum absolute atomic E-state index is 11.3. The molecule has 0 atom stereocenters. The summed E-state index contributed by atoms with van der Waals surface area (Å²) in [6, 6.07) is 4.38. The van der Waals surface area contributed by atoms with Gasteiger partial charge in [-0.1, -0.05) is 11.6 Å². The first kappa shape index (κ1) is 8.52. The van der Waals surface area contributed by atoms with Crippen LogP contribution < -0.4 is 5.73 Å². The Morgan fingerprint density at radius 1 is 1.38 bits per heavy atom. The maximum Gasteiger partial charge on any atom is 0.285 e. The zero-order valence-corrected chi connectivity index (χ0v) is 7.93. The highest BCUT2D eigenvalue weighted by atomic mass is 35.5. The molecule has 0 saturated carbocycles. The van der Waals surface area contributed by atoms with Crippen molar-refractivity contribution in [2.24, 2.45) is 10.1 Å². The van der Waals surface area contributed by atoms with Crippen molar-refractivity contribution in [3.63, 3.8) is 0 Å². The second-order valence-corrected chi connectivity index (χ2v) is 4.60. The van der Waals surface area contributed by atoms with Crippen molar-refractivity contribution in [1.82, 2.24) is 0 Å². The molecule has 0 amide bonds. The summed E-state index contributed by atoms with van der Waals surface area (Å²) < 4.78 is 25.9. The molecule has 1 aromatic rings. The molecule has 0 unspecified atom stereocenters. The van der Waals surface area contributed by atoms with Crippen molar-refractivity contribution in [2.45, 2.75) is 4.90 Å². The van der Waals surface area contributed by atoms with Gasteiger partial charge in [-0.25, -0.2) is 0 Å². The van der Waals surface area contributed by atoms with Gasteiger partial charge in [-0.3, -0.25) is 0 Å². The molecule has 0 bridgehead atoms. The fourth-order valence-corrected chi connectivity index (χ4v) is 2.46. The molecule has 0 aromatic heterocycles. The molecule has 0 aliphatic carbocycles. The fraction of sp³-hybridized carbons (Fsp3) is 0. The number of halogens is 1. The number of rotatable bonds is 0. The summed E-state index contributed by atoms with van der Waals surface area (Å²) in [5.74, 6) is -0.00231. The molecule has 4 nitrogen and oxygen atoms in total. The highest BCUT2D eigenvalue weighted by molar-refractivity contribution is 7.90. The topological polar surface area (TPSA) is 72.5 Å². The van der Waals surface area contributed by atoms with Gasteiger partial charge in [0.1, 0.15) is 10.7 Å². The number of hydrogen-bond donors (Lipinski definition) is 1. The predicted octanol–water partition coefficient (Wildman–Crippen LogP) is 0.748. The molecule has 1 heterocycles. The minimum atomic E-state index is -3.57. The third kappa shape index (κ3) is 1.20. The van der Waals surface area contributed by atoms with E-state index < -0.39 is 10.0 Å². The van der Waals surface area contributed by atoms with Crippen LogP contribution in [0.3, 0.4) is 0 Å². The van der Waals surface area contributed by atoms with Crippen LogP contribution >= 0.6 is 11.6 Å². The van der Waals surface area contributed by atoms with Crippen LogP contribution in [0.25, 0.3) is 0 Å². The first-order chi connectivity index (χ1) is 6.00. The highest BCUT2D eigenvalue weighted by Gasteiger charge is 2.26. The summed E-state index contributed by atoms with van der Waals surface area (Å²) >= 11 is 5.68. The highest BCUT2D eigenvalue weighted by Crippen LogP contribution is 2.26. The van der Waals surface area contributed by atoms with Crippen LogP contribution in [0.4, 0.5) is 0 Å². The van der Waals surface area contributed by atoms with Gasteiger partial charge in [0.05, 0.1) is 0 Å². The zero-order chi connectivity index (χ0) is 9.64. The molecule has 13 heavy (non-hydrogen) atoms. The number of fused-ring (bicyclic) bond motifs is 1. The second kappa shape index (κ2) is 2.46. The van der Waals surface area contributed by atoms with Crippen molar-refractivity contribution in [3.05, 3.63) is 28.8 Å². The van der Waals surface area contributed by atoms with E-state index in [1.807, 2.05) is 0 Å². The summed E-state index contributed by atoms with van der Waals surface area (Å²) in [4.78, 5) is 0.120. The lowest BCUT2D eigenvalue weighted by molar-refractivity contribution is 0.599. The number of amidine groups is 1. The first-order valence-electron chi connectivity index (χ1n) is 3.41. The van der Waals surface area contributed by atoms with Gasteiger partial charge in [-0.15, -0.1) is 4.40 Å². The minimum absolute atomic E-state index is 0.00231. The third-order valence-corrected chi connectivity index (χ3v) is 3.30. The Balaban J connectivity index is 2.82. The van der Waals surface area contributed by atoms with Crippen LogP contribution in [-0.4, -0.2) is 14.3 Å². The van der Waals surface area contributed by atoms with Gasteiger partial charge in [-0.2, -0.15) is 8.42 Å². The van der Waals surface area contributed by atoms with Crippen molar-refractivity contribution in [1.29, 1.82) is 0 Å². The molecular formula is C7H5ClN2O2S. The summed E-state index contributed by atoms with van der Waals surface area (Å²) in [7, 11) is -3.57. The SMILES string of the molecule is NC1=NS(=O)(=O)c2ccc(Cl)cc21. The number of hydrogen-bond acceptors (Lipinski definition) is 3. The molecule has 1 aliphatic rings. The molecule has 1 aliphatic heterocycles. The average Bonchev–Trinajstić information content (AvgIpc) is 2.22. The van der Waals surface area contributed by atoms with E-state index in [1.54, 1.807) is 0 Å².